The van der Waals surface area contributed by atoms with Gasteiger partial charge in [-0.2, -0.15) is 0 Å². The zero-order chi connectivity index (χ0) is 42.9. The molecule has 8 rings (SSSR count). The van der Waals surface area contributed by atoms with Gasteiger partial charge in [0.15, 0.2) is 6.61 Å². The number of methoxy groups -OCH3 is 1. The maximum Gasteiger partial charge on any atom is 0.407 e. The van der Waals surface area contributed by atoms with E-state index >= 15 is 0 Å². The Morgan fingerprint density at radius 3 is 1.85 bits per heavy atom. The highest BCUT2D eigenvalue weighted by Gasteiger charge is 2.39. The van der Waals surface area contributed by atoms with Gasteiger partial charge in [0.2, 0.25) is 0 Å². The van der Waals surface area contributed by atoms with E-state index in [1.807, 2.05) is 97.2 Å². The fourth-order valence-electron chi connectivity index (χ4n) is 8.23. The molecule has 0 aliphatic heterocycles. The van der Waals surface area contributed by atoms with Crippen LogP contribution in [0.1, 0.15) is 45.0 Å². The molecule has 0 radical (unpaired) electrons. The molecule has 0 bridgehead atoms. The second kappa shape index (κ2) is 18.7. The fraction of sp³-hybridized carbons (Fsp3) is 0.176. The first kappa shape index (κ1) is 41.1. The maximum atomic E-state index is 14.2. The van der Waals surface area contributed by atoms with Crippen molar-refractivity contribution in [2.24, 2.45) is 0 Å². The lowest BCUT2D eigenvalue weighted by Gasteiger charge is -2.37. The lowest BCUT2D eigenvalue weighted by Crippen LogP contribution is -2.44. The number of benzene rings is 6. The number of hydrogen-bond donors (Lipinski definition) is 2. The fourth-order valence-corrected chi connectivity index (χ4v) is 8.23. The Morgan fingerprint density at radius 1 is 0.726 bits per heavy atom. The summed E-state index contributed by atoms with van der Waals surface area (Å²) in [5, 5.41) is 5.33. The van der Waals surface area contributed by atoms with Crippen LogP contribution in [0.5, 0.6) is 11.5 Å². The van der Waals surface area contributed by atoms with E-state index in [9.17, 15) is 14.4 Å². The second-order valence-corrected chi connectivity index (χ2v) is 14.9. The minimum atomic E-state index is -1.19. The highest BCUT2D eigenvalue weighted by Crippen LogP contribution is 2.45. The number of carbonyl (C=O) groups is 3. The van der Waals surface area contributed by atoms with Gasteiger partial charge < -0.3 is 34.1 Å². The Kier molecular flexibility index (Phi) is 12.4. The molecule has 0 fully saturated rings. The number of likely N-dealkylation sites (N-methyl/N-ethyl adjacent to an activating group) is 1. The molecule has 1 aliphatic rings. The summed E-state index contributed by atoms with van der Waals surface area (Å²) >= 11 is 0. The molecule has 1 atom stereocenters. The SMILES string of the molecule is CNC(=O)COc1ccc(COC(=O)[C@H](Cc2cn(C(c3ccccc3)(c3ccccc3)c3ccccc3)cn2)NC(=O)OCC2c3ccccc3-c3ccccc32)c(OC)c1. The molecule has 0 saturated carbocycles. The Morgan fingerprint density at radius 2 is 1.29 bits per heavy atom. The standard InChI is InChI=1S/C51H46N4O7/c1-52-48(56)33-60-40-27-26-35(47(29-40)59-2)31-61-49(57)46(54-50(58)62-32-45-43-24-14-12-22-41(43)42-23-13-15-25-44(42)45)28-39-30-55(34-53-39)51(36-16-6-3-7-17-36,37-18-8-4-9-19-37)38-20-10-5-11-21-38/h3-27,29-30,34,45-46H,28,31-33H2,1-2H3,(H,52,56)(H,54,58)/t46-/m0/s1. The van der Waals surface area contributed by atoms with Gasteiger partial charge in [-0.15, -0.1) is 0 Å². The van der Waals surface area contributed by atoms with Crippen LogP contribution >= 0.6 is 0 Å². The molecule has 0 spiro atoms. The van der Waals surface area contributed by atoms with Crippen LogP contribution in [0.3, 0.4) is 0 Å². The van der Waals surface area contributed by atoms with Crippen molar-refractivity contribution >= 4 is 18.0 Å². The Hall–Kier alpha value is -7.66. The summed E-state index contributed by atoms with van der Waals surface area (Å²) in [5.41, 5.74) is 7.62. The maximum absolute atomic E-state index is 14.2. The first-order valence-electron chi connectivity index (χ1n) is 20.4. The highest BCUT2D eigenvalue weighted by molar-refractivity contribution is 5.82. The number of nitrogens with one attached hydrogen (secondary N) is 2. The number of rotatable bonds is 16. The van der Waals surface area contributed by atoms with Gasteiger partial charge >= 0.3 is 12.1 Å². The van der Waals surface area contributed by atoms with Crippen LogP contribution in [0.2, 0.25) is 0 Å². The van der Waals surface area contributed by atoms with E-state index in [1.54, 1.807) is 24.5 Å². The van der Waals surface area contributed by atoms with Crippen molar-refractivity contribution in [3.63, 3.8) is 0 Å². The molecule has 2 amide bonds. The molecule has 1 aromatic heterocycles. The van der Waals surface area contributed by atoms with Gasteiger partial charge in [-0.05, 0) is 51.1 Å². The van der Waals surface area contributed by atoms with Crippen molar-refractivity contribution in [2.45, 2.75) is 30.5 Å². The third-order valence-electron chi connectivity index (χ3n) is 11.2. The number of ether oxygens (including phenoxy) is 4. The van der Waals surface area contributed by atoms with Crippen molar-refractivity contribution in [3.8, 4) is 22.6 Å². The van der Waals surface area contributed by atoms with Gasteiger partial charge in [0, 0.05) is 37.2 Å². The zero-order valence-corrected chi connectivity index (χ0v) is 34.4. The molecule has 2 N–H and O–H groups in total. The van der Waals surface area contributed by atoms with Crippen molar-refractivity contribution in [2.75, 3.05) is 27.4 Å². The quantitative estimate of drug-likeness (QED) is 0.0740. The summed E-state index contributed by atoms with van der Waals surface area (Å²) in [7, 11) is 3.01. The van der Waals surface area contributed by atoms with Gasteiger partial charge in [0.25, 0.3) is 5.91 Å². The highest BCUT2D eigenvalue weighted by atomic mass is 16.6. The van der Waals surface area contributed by atoms with Gasteiger partial charge in [-0.1, -0.05) is 140 Å². The van der Waals surface area contributed by atoms with Crippen molar-refractivity contribution in [3.05, 3.63) is 209 Å². The number of fused-ring (bicyclic) bond motifs is 3. The van der Waals surface area contributed by atoms with Crippen LogP contribution in [0.15, 0.2) is 170 Å². The number of aromatic nitrogens is 2. The molecule has 0 unspecified atom stereocenters. The number of carbonyl (C=O) groups excluding carboxylic acids is 3. The topological polar surface area (TPSA) is 130 Å². The summed E-state index contributed by atoms with van der Waals surface area (Å²) in [6.45, 7) is -0.278. The van der Waals surface area contributed by atoms with Gasteiger partial charge in [0.05, 0.1) is 19.1 Å². The van der Waals surface area contributed by atoms with Crippen LogP contribution in [0, 0.1) is 0 Å². The summed E-state index contributed by atoms with van der Waals surface area (Å²) in [6, 6.07) is 50.5. The molecule has 0 saturated heterocycles. The molecule has 6 aromatic carbocycles. The predicted molar refractivity (Wildman–Crippen MR) is 235 cm³/mol. The van der Waals surface area contributed by atoms with Crippen LogP contribution < -0.4 is 20.1 Å². The molecule has 1 aliphatic carbocycles. The van der Waals surface area contributed by atoms with E-state index < -0.39 is 23.6 Å². The summed E-state index contributed by atoms with van der Waals surface area (Å²) < 4.78 is 25.0. The summed E-state index contributed by atoms with van der Waals surface area (Å²) in [4.78, 5) is 44.5. The molecule has 7 aromatic rings. The smallest absolute Gasteiger partial charge is 0.407 e. The van der Waals surface area contributed by atoms with Gasteiger partial charge in [-0.25, -0.2) is 14.6 Å². The van der Waals surface area contributed by atoms with E-state index in [1.165, 1.54) is 14.2 Å². The monoisotopic (exact) mass is 826 g/mol. The van der Waals surface area contributed by atoms with E-state index in [2.05, 4.69) is 63.7 Å². The number of esters is 1. The Balaban J connectivity index is 1.08. The van der Waals surface area contributed by atoms with Gasteiger partial charge in [-0.3, -0.25) is 4.79 Å². The van der Waals surface area contributed by atoms with E-state index in [4.69, 9.17) is 23.9 Å². The Bertz CT molecular complexity index is 2510. The van der Waals surface area contributed by atoms with Crippen molar-refractivity contribution in [1.29, 1.82) is 0 Å². The van der Waals surface area contributed by atoms with Crippen LogP contribution in [-0.4, -0.2) is 60.9 Å². The molecule has 312 valence electrons. The van der Waals surface area contributed by atoms with Gasteiger partial charge in [0.1, 0.15) is 36.3 Å². The number of hydrogen-bond acceptors (Lipinski definition) is 8. The largest absolute Gasteiger partial charge is 0.496 e. The number of nitrogens with zero attached hydrogens (tertiary/aromatic N) is 2. The third-order valence-corrected chi connectivity index (χ3v) is 11.2. The second-order valence-electron chi connectivity index (χ2n) is 14.9. The molecule has 1 heterocycles. The van der Waals surface area contributed by atoms with Crippen molar-refractivity contribution < 1.29 is 33.3 Å². The minimum Gasteiger partial charge on any atom is -0.496 e. The van der Waals surface area contributed by atoms with Crippen molar-refractivity contribution in [1.82, 2.24) is 20.2 Å². The zero-order valence-electron chi connectivity index (χ0n) is 34.4. The Labute approximate surface area is 360 Å². The third kappa shape index (κ3) is 8.51. The number of imidazole rings is 1. The molecule has 62 heavy (non-hydrogen) atoms. The lowest BCUT2D eigenvalue weighted by atomic mass is 9.77. The summed E-state index contributed by atoms with van der Waals surface area (Å²) in [5.74, 6) is -0.357. The normalized spacial score (nSPS) is 12.4. The first-order chi connectivity index (χ1) is 30.4. The molecule has 11 heteroatoms. The number of alkyl carbamates (subject to hydrolysis) is 1. The molecular weight excluding hydrogens is 781 g/mol. The van der Waals surface area contributed by atoms with Crippen LogP contribution in [-0.2, 0) is 37.6 Å². The first-order valence-corrected chi connectivity index (χ1v) is 20.4. The van der Waals surface area contributed by atoms with E-state index in [0.717, 1.165) is 38.9 Å². The average Bonchev–Trinajstić information content (AvgIpc) is 3.93. The summed E-state index contributed by atoms with van der Waals surface area (Å²) in [6.07, 6.45) is 2.90. The molecule has 11 nitrogen and oxygen atoms in total. The average molecular weight is 827 g/mol. The lowest BCUT2D eigenvalue weighted by molar-refractivity contribution is -0.147. The minimum absolute atomic E-state index is 0.00607. The number of amides is 2. The van der Waals surface area contributed by atoms with Crippen LogP contribution in [0.25, 0.3) is 11.1 Å². The van der Waals surface area contributed by atoms with E-state index in [-0.39, 0.29) is 38.1 Å². The molecular formula is C51H46N4O7. The predicted octanol–water partition coefficient (Wildman–Crippen LogP) is 8.05. The van der Waals surface area contributed by atoms with Crippen LogP contribution in [0.4, 0.5) is 4.79 Å². The van der Waals surface area contributed by atoms with E-state index in [0.29, 0.717) is 22.8 Å².